The molecule has 5 heteroatoms. The first-order valence-electron chi connectivity index (χ1n) is 7.20. The Kier molecular flexibility index (Phi) is 3.90. The van der Waals surface area contributed by atoms with Gasteiger partial charge < -0.3 is 14.5 Å². The van der Waals surface area contributed by atoms with E-state index in [1.54, 1.807) is 7.11 Å². The summed E-state index contributed by atoms with van der Waals surface area (Å²) in [5.41, 5.74) is 2.60. The van der Waals surface area contributed by atoms with Crippen molar-refractivity contribution in [2.24, 2.45) is 0 Å². The van der Waals surface area contributed by atoms with Crippen molar-refractivity contribution < 1.29 is 4.74 Å². The number of piperazine rings is 1. The van der Waals surface area contributed by atoms with Gasteiger partial charge >= 0.3 is 0 Å². The summed E-state index contributed by atoms with van der Waals surface area (Å²) in [6.07, 6.45) is 0. The number of rotatable bonds is 3. The van der Waals surface area contributed by atoms with Crippen LogP contribution in [-0.4, -0.2) is 43.5 Å². The largest absolute Gasteiger partial charge is 0.480 e. The lowest BCUT2D eigenvalue weighted by molar-refractivity contribution is 0.392. The minimum absolute atomic E-state index is 0.553. The summed E-state index contributed by atoms with van der Waals surface area (Å²) in [4.78, 5) is 4.68. The Morgan fingerprint density at radius 3 is 2.33 bits per heavy atom. The van der Waals surface area contributed by atoms with Gasteiger partial charge in [0.1, 0.15) is 0 Å². The van der Waals surface area contributed by atoms with E-state index in [0.29, 0.717) is 5.88 Å². The minimum atomic E-state index is 0.553. The first-order chi connectivity index (χ1) is 10.3. The van der Waals surface area contributed by atoms with Crippen molar-refractivity contribution in [2.75, 3.05) is 43.1 Å². The van der Waals surface area contributed by atoms with Crippen LogP contribution in [0.25, 0.3) is 0 Å². The zero-order valence-corrected chi connectivity index (χ0v) is 12.5. The van der Waals surface area contributed by atoms with Gasteiger partial charge in [0, 0.05) is 37.9 Å². The molecule has 1 fully saturated rings. The summed E-state index contributed by atoms with van der Waals surface area (Å²) in [7, 11) is 1.60. The molecule has 0 radical (unpaired) electrons. The fraction of sp³-hybridized carbons (Fsp3) is 0.375. The van der Waals surface area contributed by atoms with E-state index >= 15 is 0 Å². The summed E-state index contributed by atoms with van der Waals surface area (Å²) in [5.74, 6) is 1.47. The van der Waals surface area contributed by atoms with Crippen molar-refractivity contribution >= 4 is 11.5 Å². The Morgan fingerprint density at radius 1 is 0.952 bits per heavy atom. The number of methoxy groups -OCH3 is 1. The number of nitrogens with zero attached hydrogens (tertiary/aromatic N) is 4. The number of aromatic nitrogens is 2. The lowest BCUT2D eigenvalue weighted by atomic mass is 10.2. The van der Waals surface area contributed by atoms with E-state index in [0.717, 1.165) is 32.0 Å². The number of benzene rings is 1. The van der Waals surface area contributed by atoms with E-state index in [2.05, 4.69) is 51.2 Å². The lowest BCUT2D eigenvalue weighted by Gasteiger charge is -2.36. The Hall–Kier alpha value is -2.30. The van der Waals surface area contributed by atoms with Gasteiger partial charge in [-0.1, -0.05) is 12.1 Å². The van der Waals surface area contributed by atoms with Crippen LogP contribution in [0.4, 0.5) is 11.5 Å². The van der Waals surface area contributed by atoms with Crippen molar-refractivity contribution in [3.8, 4) is 5.88 Å². The van der Waals surface area contributed by atoms with Crippen molar-refractivity contribution in [3.05, 3.63) is 42.0 Å². The van der Waals surface area contributed by atoms with E-state index < -0.39 is 0 Å². The number of ether oxygens (including phenoxy) is 1. The van der Waals surface area contributed by atoms with Gasteiger partial charge in [0.05, 0.1) is 7.11 Å². The van der Waals surface area contributed by atoms with Crippen molar-refractivity contribution in [2.45, 2.75) is 6.92 Å². The molecule has 5 nitrogen and oxygen atoms in total. The second-order valence-electron chi connectivity index (χ2n) is 5.25. The third-order valence-corrected chi connectivity index (χ3v) is 3.81. The van der Waals surface area contributed by atoms with Crippen LogP contribution in [0.2, 0.25) is 0 Å². The molecule has 0 aliphatic carbocycles. The van der Waals surface area contributed by atoms with E-state index in [1.807, 2.05) is 12.1 Å². The number of hydrogen-bond acceptors (Lipinski definition) is 5. The lowest BCUT2D eigenvalue weighted by Crippen LogP contribution is -2.46. The molecule has 0 bridgehead atoms. The molecule has 0 atom stereocenters. The van der Waals surface area contributed by atoms with E-state index in [-0.39, 0.29) is 0 Å². The predicted octanol–water partition coefficient (Wildman–Crippen LogP) is 2.12. The maximum Gasteiger partial charge on any atom is 0.233 e. The molecule has 0 spiro atoms. The molecule has 0 saturated carbocycles. The molecule has 1 aromatic carbocycles. The van der Waals surface area contributed by atoms with Crippen molar-refractivity contribution in [1.29, 1.82) is 0 Å². The van der Waals surface area contributed by atoms with Gasteiger partial charge in [-0.05, 0) is 30.7 Å². The molecule has 0 N–H and O–H groups in total. The number of anilines is 2. The molecule has 21 heavy (non-hydrogen) atoms. The predicted molar refractivity (Wildman–Crippen MR) is 84.2 cm³/mol. The molecule has 1 aliphatic rings. The first-order valence-corrected chi connectivity index (χ1v) is 7.20. The molecule has 2 heterocycles. The van der Waals surface area contributed by atoms with E-state index in [9.17, 15) is 0 Å². The SMILES string of the molecule is COc1ccc(N2CCN(c3cccc(C)c3)CC2)nn1. The van der Waals surface area contributed by atoms with E-state index in [1.165, 1.54) is 11.3 Å². The van der Waals surface area contributed by atoms with Gasteiger partial charge in [-0.2, -0.15) is 0 Å². The van der Waals surface area contributed by atoms with Gasteiger partial charge in [0.25, 0.3) is 0 Å². The molecule has 1 saturated heterocycles. The van der Waals surface area contributed by atoms with Crippen LogP contribution >= 0.6 is 0 Å². The Morgan fingerprint density at radius 2 is 1.71 bits per heavy atom. The molecule has 1 aromatic heterocycles. The van der Waals surface area contributed by atoms with Crippen LogP contribution < -0.4 is 14.5 Å². The molecular formula is C16H20N4O. The first kappa shape index (κ1) is 13.7. The zero-order valence-electron chi connectivity index (χ0n) is 12.5. The third kappa shape index (κ3) is 3.07. The molecule has 0 unspecified atom stereocenters. The minimum Gasteiger partial charge on any atom is -0.480 e. The second-order valence-corrected chi connectivity index (χ2v) is 5.25. The van der Waals surface area contributed by atoms with Crippen LogP contribution in [0.15, 0.2) is 36.4 Å². The second kappa shape index (κ2) is 5.99. The fourth-order valence-corrected chi connectivity index (χ4v) is 2.61. The molecule has 1 aliphatic heterocycles. The van der Waals surface area contributed by atoms with Gasteiger partial charge in [-0.15, -0.1) is 10.2 Å². The van der Waals surface area contributed by atoms with Crippen LogP contribution in [0.3, 0.4) is 0 Å². The van der Waals surface area contributed by atoms with Crippen LogP contribution in [0.5, 0.6) is 5.88 Å². The van der Waals surface area contributed by atoms with Gasteiger partial charge in [0.2, 0.25) is 5.88 Å². The van der Waals surface area contributed by atoms with E-state index in [4.69, 9.17) is 4.74 Å². The highest BCUT2D eigenvalue weighted by Gasteiger charge is 2.18. The maximum absolute atomic E-state index is 5.04. The molecular weight excluding hydrogens is 264 g/mol. The quantitative estimate of drug-likeness (QED) is 0.863. The highest BCUT2D eigenvalue weighted by atomic mass is 16.5. The van der Waals surface area contributed by atoms with Crippen molar-refractivity contribution in [3.63, 3.8) is 0 Å². The molecule has 110 valence electrons. The third-order valence-electron chi connectivity index (χ3n) is 3.81. The van der Waals surface area contributed by atoms with Crippen LogP contribution in [0.1, 0.15) is 5.56 Å². The molecule has 2 aromatic rings. The standard InChI is InChI=1S/C16H20N4O/c1-13-4-3-5-14(12-13)19-8-10-20(11-9-19)15-6-7-16(21-2)18-17-15/h3-7,12H,8-11H2,1-2H3. The summed E-state index contributed by atoms with van der Waals surface area (Å²) >= 11 is 0. The topological polar surface area (TPSA) is 41.5 Å². The highest BCUT2D eigenvalue weighted by molar-refractivity contribution is 5.50. The smallest absolute Gasteiger partial charge is 0.233 e. The zero-order chi connectivity index (χ0) is 14.7. The van der Waals surface area contributed by atoms with Gasteiger partial charge in [-0.3, -0.25) is 0 Å². The summed E-state index contributed by atoms with van der Waals surface area (Å²) in [6.45, 7) is 6.03. The van der Waals surface area contributed by atoms with Gasteiger partial charge in [-0.25, -0.2) is 0 Å². The Bertz CT molecular complexity index is 591. The molecule has 0 amide bonds. The van der Waals surface area contributed by atoms with Crippen LogP contribution in [0, 0.1) is 6.92 Å². The molecule has 3 rings (SSSR count). The highest BCUT2D eigenvalue weighted by Crippen LogP contribution is 2.20. The average molecular weight is 284 g/mol. The van der Waals surface area contributed by atoms with Crippen LogP contribution in [-0.2, 0) is 0 Å². The number of aryl methyl sites for hydroxylation is 1. The summed E-state index contributed by atoms with van der Waals surface area (Å²) in [5, 5.41) is 8.25. The average Bonchev–Trinajstić information content (AvgIpc) is 2.55. The number of hydrogen-bond donors (Lipinski definition) is 0. The van der Waals surface area contributed by atoms with Crippen molar-refractivity contribution in [1.82, 2.24) is 10.2 Å². The summed E-state index contributed by atoms with van der Waals surface area (Å²) < 4.78 is 5.04. The summed E-state index contributed by atoms with van der Waals surface area (Å²) in [6, 6.07) is 12.5. The fourth-order valence-electron chi connectivity index (χ4n) is 2.61. The Balaban J connectivity index is 1.64. The normalized spacial score (nSPS) is 15.1. The van der Waals surface area contributed by atoms with Gasteiger partial charge in [0.15, 0.2) is 5.82 Å². The monoisotopic (exact) mass is 284 g/mol. The Labute approximate surface area is 125 Å². The maximum atomic E-state index is 5.04.